The molecule has 0 unspecified atom stereocenters. The zero-order valence-corrected chi connectivity index (χ0v) is 16.7. The van der Waals surface area contributed by atoms with E-state index in [1.54, 1.807) is 18.2 Å². The number of nitrogens with one attached hydrogen (secondary N) is 1. The van der Waals surface area contributed by atoms with Crippen molar-refractivity contribution in [1.29, 1.82) is 0 Å². The third-order valence-electron chi connectivity index (χ3n) is 4.88. The van der Waals surface area contributed by atoms with Crippen molar-refractivity contribution in [2.75, 3.05) is 23.3 Å². The number of hydrogen-bond donors (Lipinski definition) is 1. The van der Waals surface area contributed by atoms with Crippen LogP contribution in [-0.4, -0.2) is 33.3 Å². The van der Waals surface area contributed by atoms with E-state index in [0.29, 0.717) is 17.1 Å². The highest BCUT2D eigenvalue weighted by atomic mass is 32.1. The summed E-state index contributed by atoms with van der Waals surface area (Å²) in [5.74, 6) is -0.481. The molecule has 4 rings (SSSR count). The topological polar surface area (TPSA) is 101 Å². The molecule has 0 radical (unpaired) electrons. The normalized spacial score (nSPS) is 13.8. The highest BCUT2D eigenvalue weighted by Gasteiger charge is 2.23. The minimum atomic E-state index is -0.519. The van der Waals surface area contributed by atoms with Gasteiger partial charge in [0, 0.05) is 42.3 Å². The van der Waals surface area contributed by atoms with E-state index >= 15 is 0 Å². The number of carbonyl (C=O) groups excluding carboxylic acids is 1. The van der Waals surface area contributed by atoms with Crippen molar-refractivity contribution in [3.8, 4) is 11.4 Å². The number of hydrogen-bond acceptors (Lipinski definition) is 7. The molecule has 8 nitrogen and oxygen atoms in total. The number of nitro benzene ring substituents is 1. The van der Waals surface area contributed by atoms with Crippen molar-refractivity contribution in [3.05, 3.63) is 64.0 Å². The van der Waals surface area contributed by atoms with Crippen LogP contribution in [0.25, 0.3) is 11.4 Å². The predicted molar refractivity (Wildman–Crippen MR) is 112 cm³/mol. The van der Waals surface area contributed by atoms with Crippen LogP contribution in [0, 0.1) is 15.9 Å². The van der Waals surface area contributed by atoms with Crippen LogP contribution in [0.1, 0.15) is 29.6 Å². The molecule has 1 aromatic heterocycles. The van der Waals surface area contributed by atoms with E-state index < -0.39 is 10.8 Å². The third-order valence-corrected chi connectivity index (χ3v) is 5.51. The van der Waals surface area contributed by atoms with E-state index in [1.165, 1.54) is 24.3 Å². The standard InChI is InChI=1S/C20H18FN5O3S/c21-14-6-4-13(5-7-14)18-22-20(30-24-18)23-19(27)16-12-15(26(28)29)8-9-17(16)25-10-2-1-3-11-25/h4-9,12H,1-3,10-11H2,(H,22,23,24,27). The van der Waals surface area contributed by atoms with Gasteiger partial charge < -0.3 is 4.90 Å². The molecule has 3 aromatic rings. The lowest BCUT2D eigenvalue weighted by atomic mass is 10.1. The minimum absolute atomic E-state index is 0.148. The second-order valence-corrected chi connectivity index (χ2v) is 7.64. The number of nitro groups is 1. The molecule has 0 saturated carbocycles. The number of aromatic nitrogens is 2. The Morgan fingerprint density at radius 1 is 1.13 bits per heavy atom. The smallest absolute Gasteiger partial charge is 0.270 e. The molecule has 30 heavy (non-hydrogen) atoms. The Balaban J connectivity index is 1.60. The van der Waals surface area contributed by atoms with Crippen LogP contribution in [0.15, 0.2) is 42.5 Å². The molecule has 10 heteroatoms. The van der Waals surface area contributed by atoms with E-state index in [0.717, 1.165) is 43.9 Å². The van der Waals surface area contributed by atoms with Gasteiger partial charge in [-0.3, -0.25) is 20.2 Å². The molecule has 2 aromatic carbocycles. The fourth-order valence-electron chi connectivity index (χ4n) is 3.38. The molecule has 1 fully saturated rings. The average Bonchev–Trinajstić information content (AvgIpc) is 3.22. The SMILES string of the molecule is O=C(Nc1nc(-c2ccc(F)cc2)ns1)c1cc([N+](=O)[O-])ccc1N1CCCCC1. The summed E-state index contributed by atoms with van der Waals surface area (Å²) in [4.78, 5) is 30.0. The second kappa shape index (κ2) is 8.54. The highest BCUT2D eigenvalue weighted by Crippen LogP contribution is 2.29. The summed E-state index contributed by atoms with van der Waals surface area (Å²) in [6, 6.07) is 10.1. The largest absolute Gasteiger partial charge is 0.371 e. The van der Waals surface area contributed by atoms with Gasteiger partial charge in [-0.05, 0) is 49.6 Å². The zero-order chi connectivity index (χ0) is 21.1. The molecule has 1 saturated heterocycles. The van der Waals surface area contributed by atoms with Crippen LogP contribution in [0.4, 0.5) is 20.9 Å². The lowest BCUT2D eigenvalue weighted by molar-refractivity contribution is -0.384. The number of non-ortho nitro benzene ring substituents is 1. The molecule has 1 amide bonds. The number of carbonyl (C=O) groups is 1. The number of amides is 1. The average molecular weight is 427 g/mol. The van der Waals surface area contributed by atoms with Crippen LogP contribution in [-0.2, 0) is 0 Å². The number of piperidine rings is 1. The number of rotatable bonds is 5. The number of halogens is 1. The third kappa shape index (κ3) is 4.28. The Kier molecular flexibility index (Phi) is 5.66. The monoisotopic (exact) mass is 427 g/mol. The van der Waals surface area contributed by atoms with Gasteiger partial charge in [0.25, 0.3) is 11.6 Å². The lowest BCUT2D eigenvalue weighted by Gasteiger charge is -2.30. The van der Waals surface area contributed by atoms with E-state index in [-0.39, 0.29) is 22.2 Å². The summed E-state index contributed by atoms with van der Waals surface area (Å²) in [6.07, 6.45) is 3.15. The first-order chi connectivity index (χ1) is 14.5. The lowest BCUT2D eigenvalue weighted by Crippen LogP contribution is -2.31. The van der Waals surface area contributed by atoms with Crippen molar-refractivity contribution in [2.24, 2.45) is 0 Å². The number of nitrogens with zero attached hydrogens (tertiary/aromatic N) is 4. The summed E-state index contributed by atoms with van der Waals surface area (Å²) in [5, 5.41) is 14.2. The Bertz CT molecular complexity index is 1080. The molecule has 0 aliphatic carbocycles. The van der Waals surface area contributed by atoms with Crippen molar-refractivity contribution >= 4 is 33.9 Å². The summed E-state index contributed by atoms with van der Waals surface area (Å²) < 4.78 is 17.3. The van der Waals surface area contributed by atoms with Crippen molar-refractivity contribution in [1.82, 2.24) is 9.36 Å². The summed E-state index contributed by atoms with van der Waals surface area (Å²) >= 11 is 0.989. The van der Waals surface area contributed by atoms with Gasteiger partial charge >= 0.3 is 0 Å². The van der Waals surface area contributed by atoms with E-state index in [2.05, 4.69) is 19.6 Å². The van der Waals surface area contributed by atoms with Gasteiger partial charge in [-0.2, -0.15) is 9.36 Å². The molecular weight excluding hydrogens is 409 g/mol. The van der Waals surface area contributed by atoms with Gasteiger partial charge in [0.15, 0.2) is 5.82 Å². The van der Waals surface area contributed by atoms with Gasteiger partial charge in [0.2, 0.25) is 5.13 Å². The Hall–Kier alpha value is -3.40. The van der Waals surface area contributed by atoms with Crippen molar-refractivity contribution < 1.29 is 14.1 Å². The molecule has 1 aliphatic heterocycles. The van der Waals surface area contributed by atoms with Gasteiger partial charge in [-0.15, -0.1) is 0 Å². The summed E-state index contributed by atoms with van der Waals surface area (Å²) in [5.41, 5.74) is 1.37. The molecule has 1 aliphatic rings. The quantitative estimate of drug-likeness (QED) is 0.475. The van der Waals surface area contributed by atoms with Crippen molar-refractivity contribution in [2.45, 2.75) is 19.3 Å². The Labute approximate surface area is 175 Å². The van der Waals surface area contributed by atoms with Crippen LogP contribution >= 0.6 is 11.5 Å². The van der Waals surface area contributed by atoms with Crippen LogP contribution in [0.5, 0.6) is 0 Å². The van der Waals surface area contributed by atoms with E-state index in [4.69, 9.17) is 0 Å². The summed E-state index contributed by atoms with van der Waals surface area (Å²) in [6.45, 7) is 1.59. The van der Waals surface area contributed by atoms with Gasteiger partial charge in [0.1, 0.15) is 5.82 Å². The molecule has 2 heterocycles. The second-order valence-electron chi connectivity index (χ2n) is 6.89. The predicted octanol–water partition coefficient (Wildman–Crippen LogP) is 4.50. The van der Waals surface area contributed by atoms with Crippen LogP contribution < -0.4 is 10.2 Å². The maximum Gasteiger partial charge on any atom is 0.270 e. The maximum atomic E-state index is 13.1. The fraction of sp³-hybridized carbons (Fsp3) is 0.250. The Morgan fingerprint density at radius 3 is 2.57 bits per heavy atom. The van der Waals surface area contributed by atoms with E-state index in [9.17, 15) is 19.3 Å². The first-order valence-electron chi connectivity index (χ1n) is 9.45. The first kappa shape index (κ1) is 19.9. The highest BCUT2D eigenvalue weighted by molar-refractivity contribution is 7.10. The summed E-state index contributed by atoms with van der Waals surface area (Å²) in [7, 11) is 0. The maximum absolute atomic E-state index is 13.1. The number of benzene rings is 2. The van der Waals surface area contributed by atoms with Gasteiger partial charge in [-0.1, -0.05) is 0 Å². The zero-order valence-electron chi connectivity index (χ0n) is 15.9. The van der Waals surface area contributed by atoms with Gasteiger partial charge in [-0.25, -0.2) is 4.39 Å². The molecule has 0 bridgehead atoms. The molecule has 0 atom stereocenters. The minimum Gasteiger partial charge on any atom is -0.371 e. The van der Waals surface area contributed by atoms with Crippen molar-refractivity contribution in [3.63, 3.8) is 0 Å². The van der Waals surface area contributed by atoms with Crippen LogP contribution in [0.3, 0.4) is 0 Å². The molecule has 154 valence electrons. The fourth-order valence-corrected chi connectivity index (χ4v) is 3.97. The van der Waals surface area contributed by atoms with E-state index in [1.807, 2.05) is 0 Å². The first-order valence-corrected chi connectivity index (χ1v) is 10.2. The van der Waals surface area contributed by atoms with Gasteiger partial charge in [0.05, 0.1) is 16.2 Å². The molecule has 0 spiro atoms. The number of anilines is 2. The van der Waals surface area contributed by atoms with Crippen LogP contribution in [0.2, 0.25) is 0 Å². The Morgan fingerprint density at radius 2 is 1.87 bits per heavy atom. The molecular formula is C20H18FN5O3S. The molecule has 1 N–H and O–H groups in total.